The van der Waals surface area contributed by atoms with Crippen LogP contribution >= 0.6 is 27.5 Å². The highest BCUT2D eigenvalue weighted by Gasteiger charge is 2.15. The van der Waals surface area contributed by atoms with Crippen molar-refractivity contribution in [2.75, 3.05) is 24.3 Å². The second-order valence-electron chi connectivity index (χ2n) is 4.33. The van der Waals surface area contributed by atoms with Gasteiger partial charge in [-0.15, -0.1) is 0 Å². The number of fused-ring (bicyclic) bond motifs is 1. The van der Waals surface area contributed by atoms with Gasteiger partial charge in [0.25, 0.3) is 0 Å². The maximum atomic E-state index is 6.03. The van der Waals surface area contributed by atoms with Crippen LogP contribution in [0.3, 0.4) is 0 Å². The Labute approximate surface area is 130 Å². The van der Waals surface area contributed by atoms with Gasteiger partial charge in [-0.2, -0.15) is 0 Å². The van der Waals surface area contributed by atoms with Gasteiger partial charge in [0.1, 0.15) is 13.2 Å². The fourth-order valence-electron chi connectivity index (χ4n) is 1.95. The van der Waals surface area contributed by atoms with E-state index in [9.17, 15) is 0 Å². The van der Waals surface area contributed by atoms with Crippen LogP contribution in [-0.2, 0) is 0 Å². The van der Waals surface area contributed by atoms with Gasteiger partial charge in [-0.25, -0.2) is 0 Å². The molecule has 0 unspecified atom stereocenters. The molecule has 3 N–H and O–H groups in total. The molecular formula is C14H12BrClN2O2. The summed E-state index contributed by atoms with van der Waals surface area (Å²) < 4.78 is 11.9. The molecule has 2 aromatic carbocycles. The minimum Gasteiger partial charge on any atom is -0.486 e. The first-order valence-electron chi connectivity index (χ1n) is 6.04. The molecule has 1 heterocycles. The lowest BCUT2D eigenvalue weighted by Crippen LogP contribution is -2.15. The highest BCUT2D eigenvalue weighted by Crippen LogP contribution is 2.39. The molecule has 4 nitrogen and oxygen atoms in total. The molecule has 104 valence electrons. The first kappa shape index (κ1) is 13.4. The van der Waals surface area contributed by atoms with Crippen LogP contribution in [0.1, 0.15) is 0 Å². The minimum absolute atomic E-state index is 0.543. The van der Waals surface area contributed by atoms with Crippen molar-refractivity contribution in [3.63, 3.8) is 0 Å². The summed E-state index contributed by atoms with van der Waals surface area (Å²) in [5.74, 6) is 1.37. The van der Waals surface area contributed by atoms with E-state index in [0.717, 1.165) is 15.8 Å². The Morgan fingerprint density at radius 2 is 1.75 bits per heavy atom. The van der Waals surface area contributed by atoms with E-state index in [2.05, 4.69) is 21.2 Å². The smallest absolute Gasteiger partial charge is 0.163 e. The van der Waals surface area contributed by atoms with Crippen molar-refractivity contribution in [1.82, 2.24) is 0 Å². The van der Waals surface area contributed by atoms with Crippen molar-refractivity contribution in [3.05, 3.63) is 39.8 Å². The predicted octanol–water partition coefficient (Wildman–Crippen LogP) is 4.20. The zero-order chi connectivity index (χ0) is 14.1. The normalized spacial score (nSPS) is 13.1. The Morgan fingerprint density at radius 3 is 2.45 bits per heavy atom. The van der Waals surface area contributed by atoms with Crippen LogP contribution in [0, 0.1) is 0 Å². The Bertz CT molecular complexity index is 664. The zero-order valence-corrected chi connectivity index (χ0v) is 12.8. The third-order valence-corrected chi connectivity index (χ3v) is 3.81. The van der Waals surface area contributed by atoms with Crippen molar-refractivity contribution in [2.45, 2.75) is 0 Å². The molecule has 0 saturated carbocycles. The van der Waals surface area contributed by atoms with E-state index in [1.165, 1.54) is 0 Å². The Balaban J connectivity index is 1.94. The number of anilines is 3. The fraction of sp³-hybridized carbons (Fsp3) is 0.143. The topological polar surface area (TPSA) is 56.5 Å². The van der Waals surface area contributed by atoms with E-state index >= 15 is 0 Å². The Hall–Kier alpha value is -1.59. The van der Waals surface area contributed by atoms with E-state index in [1.54, 1.807) is 6.07 Å². The van der Waals surface area contributed by atoms with Gasteiger partial charge in [-0.3, -0.25) is 0 Å². The molecule has 2 aromatic rings. The second-order valence-corrected chi connectivity index (χ2v) is 5.62. The van der Waals surface area contributed by atoms with Crippen LogP contribution in [0.15, 0.2) is 34.8 Å². The van der Waals surface area contributed by atoms with E-state index < -0.39 is 0 Å². The number of nitrogens with two attached hydrogens (primary N) is 1. The second kappa shape index (κ2) is 5.42. The quantitative estimate of drug-likeness (QED) is 0.793. The predicted molar refractivity (Wildman–Crippen MR) is 84.3 cm³/mol. The van der Waals surface area contributed by atoms with Crippen molar-refractivity contribution in [3.8, 4) is 11.5 Å². The summed E-state index contributed by atoms with van der Waals surface area (Å²) >= 11 is 9.39. The number of halogens is 2. The van der Waals surface area contributed by atoms with Crippen LogP contribution in [0.25, 0.3) is 0 Å². The van der Waals surface area contributed by atoms with Gasteiger partial charge >= 0.3 is 0 Å². The summed E-state index contributed by atoms with van der Waals surface area (Å²) in [4.78, 5) is 0. The first-order valence-corrected chi connectivity index (χ1v) is 7.22. The molecule has 0 spiro atoms. The molecule has 0 bridgehead atoms. The monoisotopic (exact) mass is 354 g/mol. The maximum Gasteiger partial charge on any atom is 0.163 e. The van der Waals surface area contributed by atoms with Gasteiger partial charge < -0.3 is 20.5 Å². The Morgan fingerprint density at radius 1 is 1.05 bits per heavy atom. The van der Waals surface area contributed by atoms with Crippen molar-refractivity contribution < 1.29 is 9.47 Å². The molecule has 0 aromatic heterocycles. The summed E-state index contributed by atoms with van der Waals surface area (Å²) in [5.41, 5.74) is 8.26. The number of nitrogens with one attached hydrogen (secondary N) is 1. The molecule has 0 amide bonds. The van der Waals surface area contributed by atoms with Gasteiger partial charge in [-0.05, 0) is 34.1 Å². The summed E-state index contributed by atoms with van der Waals surface area (Å²) in [6.07, 6.45) is 0. The van der Waals surface area contributed by atoms with Gasteiger partial charge in [-0.1, -0.05) is 11.6 Å². The molecule has 1 aliphatic heterocycles. The van der Waals surface area contributed by atoms with Crippen molar-refractivity contribution in [2.24, 2.45) is 0 Å². The third kappa shape index (κ3) is 2.64. The van der Waals surface area contributed by atoms with E-state index in [-0.39, 0.29) is 0 Å². The van der Waals surface area contributed by atoms with E-state index in [0.29, 0.717) is 35.4 Å². The Kier molecular flexibility index (Phi) is 3.63. The molecule has 0 radical (unpaired) electrons. The van der Waals surface area contributed by atoms with Crippen LogP contribution in [-0.4, -0.2) is 13.2 Å². The first-order chi connectivity index (χ1) is 9.63. The summed E-state index contributed by atoms with van der Waals surface area (Å²) in [6, 6.07) is 9.11. The number of ether oxygens (including phenoxy) is 2. The summed E-state index contributed by atoms with van der Waals surface area (Å²) in [7, 11) is 0. The third-order valence-electron chi connectivity index (χ3n) is 2.91. The molecule has 0 fully saturated rings. The molecule has 0 saturated heterocycles. The number of hydrogen-bond acceptors (Lipinski definition) is 4. The highest BCUT2D eigenvalue weighted by molar-refractivity contribution is 9.10. The van der Waals surface area contributed by atoms with Crippen molar-refractivity contribution >= 4 is 44.6 Å². The van der Waals surface area contributed by atoms with Gasteiger partial charge in [0.15, 0.2) is 11.5 Å². The van der Waals surface area contributed by atoms with Crippen LogP contribution < -0.4 is 20.5 Å². The molecule has 6 heteroatoms. The highest BCUT2D eigenvalue weighted by atomic mass is 79.9. The van der Waals surface area contributed by atoms with E-state index in [1.807, 2.05) is 24.3 Å². The van der Waals surface area contributed by atoms with Crippen molar-refractivity contribution in [1.29, 1.82) is 0 Å². The minimum atomic E-state index is 0.543. The maximum absolute atomic E-state index is 6.03. The fourth-order valence-corrected chi connectivity index (χ4v) is 2.73. The lowest BCUT2D eigenvalue weighted by atomic mass is 10.2. The zero-order valence-electron chi connectivity index (χ0n) is 10.5. The number of hydrogen-bond donors (Lipinski definition) is 2. The van der Waals surface area contributed by atoms with Gasteiger partial charge in [0, 0.05) is 21.6 Å². The molecular weight excluding hydrogens is 344 g/mol. The number of nitrogen functional groups attached to an aromatic ring is 1. The van der Waals surface area contributed by atoms with E-state index in [4.69, 9.17) is 26.8 Å². The van der Waals surface area contributed by atoms with Crippen LogP contribution in [0.2, 0.25) is 5.02 Å². The number of rotatable bonds is 2. The SMILES string of the molecule is Nc1cc2c(cc1Nc1ccc(Cl)cc1Br)OCCO2. The van der Waals surface area contributed by atoms with Crippen LogP contribution in [0.5, 0.6) is 11.5 Å². The summed E-state index contributed by atoms with van der Waals surface area (Å²) in [6.45, 7) is 1.09. The lowest BCUT2D eigenvalue weighted by Gasteiger charge is -2.20. The standard InChI is InChI=1S/C14H12BrClN2O2/c15-9-5-8(16)1-2-11(9)18-12-7-14-13(6-10(12)17)19-3-4-20-14/h1-2,5-7,18H,3-4,17H2. The van der Waals surface area contributed by atoms with Gasteiger partial charge in [0.05, 0.1) is 17.1 Å². The molecule has 0 aliphatic carbocycles. The lowest BCUT2D eigenvalue weighted by molar-refractivity contribution is 0.172. The molecule has 20 heavy (non-hydrogen) atoms. The molecule has 1 aliphatic rings. The largest absolute Gasteiger partial charge is 0.486 e. The average molecular weight is 356 g/mol. The number of benzene rings is 2. The average Bonchev–Trinajstić information content (AvgIpc) is 2.42. The molecule has 3 rings (SSSR count). The summed E-state index contributed by atoms with van der Waals surface area (Å²) in [5, 5.41) is 3.92. The van der Waals surface area contributed by atoms with Crippen LogP contribution in [0.4, 0.5) is 17.1 Å². The molecule has 0 atom stereocenters. The van der Waals surface area contributed by atoms with Gasteiger partial charge in [0.2, 0.25) is 0 Å².